The molecule has 0 aliphatic carbocycles. The molecule has 0 aromatic heterocycles. The average Bonchev–Trinajstić information content (AvgIpc) is 2.93. The molecule has 2 fully saturated rings. The van der Waals surface area contributed by atoms with Crippen molar-refractivity contribution < 1.29 is 4.74 Å². The van der Waals surface area contributed by atoms with Gasteiger partial charge in [0.05, 0.1) is 25.3 Å². The van der Waals surface area contributed by atoms with E-state index in [1.165, 1.54) is 13.0 Å². The van der Waals surface area contributed by atoms with E-state index in [9.17, 15) is 0 Å². The highest BCUT2D eigenvalue weighted by molar-refractivity contribution is 4.92. The predicted octanol–water partition coefficient (Wildman–Crippen LogP) is 0.673. The van der Waals surface area contributed by atoms with Gasteiger partial charge in [-0.1, -0.05) is 0 Å². The first kappa shape index (κ1) is 15.7. The summed E-state index contributed by atoms with van der Waals surface area (Å²) in [7, 11) is 0. The minimum atomic E-state index is -0.0163. The van der Waals surface area contributed by atoms with Crippen LogP contribution in [0.1, 0.15) is 26.7 Å². The van der Waals surface area contributed by atoms with Crippen molar-refractivity contribution in [3.05, 3.63) is 0 Å². The molecule has 20 heavy (non-hydrogen) atoms. The molecule has 2 rings (SSSR count). The van der Waals surface area contributed by atoms with Gasteiger partial charge in [0.15, 0.2) is 0 Å². The average molecular weight is 280 g/mol. The molecule has 2 atom stereocenters. The largest absolute Gasteiger partial charge is 0.379 e. The van der Waals surface area contributed by atoms with E-state index in [4.69, 9.17) is 10.00 Å². The third kappa shape index (κ3) is 4.71. The Morgan fingerprint density at radius 3 is 2.70 bits per heavy atom. The molecule has 2 unspecified atom stereocenters. The molecule has 0 aromatic rings. The number of ether oxygens (including phenoxy) is 1. The lowest BCUT2D eigenvalue weighted by atomic mass is 10.2. The van der Waals surface area contributed by atoms with Gasteiger partial charge in [0.1, 0.15) is 0 Å². The summed E-state index contributed by atoms with van der Waals surface area (Å²) >= 11 is 0. The first-order chi connectivity index (χ1) is 9.69. The van der Waals surface area contributed by atoms with Crippen LogP contribution in [0.3, 0.4) is 0 Å². The number of nitrogens with one attached hydrogen (secondary N) is 1. The lowest BCUT2D eigenvalue weighted by molar-refractivity contribution is 0.0185. The SMILES string of the molecule is CC(C)NC(C#N)CCN1CCC(N2CCOCC2)C1. The Balaban J connectivity index is 1.69. The number of morpholine rings is 1. The maximum atomic E-state index is 9.15. The Morgan fingerprint density at radius 1 is 1.30 bits per heavy atom. The Labute approximate surface area is 122 Å². The Bertz CT molecular complexity index is 322. The van der Waals surface area contributed by atoms with Gasteiger partial charge in [-0.25, -0.2) is 0 Å². The van der Waals surface area contributed by atoms with Crippen LogP contribution in [-0.2, 0) is 4.74 Å². The van der Waals surface area contributed by atoms with Gasteiger partial charge in [-0.05, 0) is 33.2 Å². The second-order valence-electron chi connectivity index (χ2n) is 6.18. The summed E-state index contributed by atoms with van der Waals surface area (Å²) in [5.41, 5.74) is 0. The summed E-state index contributed by atoms with van der Waals surface area (Å²) in [6.45, 7) is 11.4. The van der Waals surface area contributed by atoms with Gasteiger partial charge in [-0.15, -0.1) is 0 Å². The van der Waals surface area contributed by atoms with Gasteiger partial charge in [0.25, 0.3) is 0 Å². The molecule has 2 saturated heterocycles. The highest BCUT2D eigenvalue weighted by Crippen LogP contribution is 2.17. The minimum absolute atomic E-state index is 0.0163. The van der Waals surface area contributed by atoms with Crippen LogP contribution in [0.25, 0.3) is 0 Å². The number of nitriles is 1. The van der Waals surface area contributed by atoms with Gasteiger partial charge >= 0.3 is 0 Å². The number of nitrogens with zero attached hydrogens (tertiary/aromatic N) is 3. The van der Waals surface area contributed by atoms with Crippen LogP contribution in [0.15, 0.2) is 0 Å². The standard InChI is InChI=1S/C15H28N4O/c1-13(2)17-14(11-16)3-5-18-6-4-15(12-18)19-7-9-20-10-8-19/h13-15,17H,3-10,12H2,1-2H3. The molecular formula is C15H28N4O. The maximum absolute atomic E-state index is 9.15. The fourth-order valence-corrected chi connectivity index (χ4v) is 3.16. The Morgan fingerprint density at radius 2 is 2.05 bits per heavy atom. The summed E-state index contributed by atoms with van der Waals surface area (Å²) in [5.74, 6) is 0. The van der Waals surface area contributed by atoms with Gasteiger partial charge < -0.3 is 9.64 Å². The first-order valence-corrected chi connectivity index (χ1v) is 7.89. The van der Waals surface area contributed by atoms with Crippen LogP contribution in [0, 0.1) is 11.3 Å². The predicted molar refractivity (Wildman–Crippen MR) is 79.5 cm³/mol. The number of hydrogen-bond donors (Lipinski definition) is 1. The maximum Gasteiger partial charge on any atom is 0.0967 e. The Kier molecular flexibility index (Phi) is 6.24. The van der Waals surface area contributed by atoms with E-state index >= 15 is 0 Å². The molecule has 0 spiro atoms. The van der Waals surface area contributed by atoms with E-state index in [1.807, 2.05) is 0 Å². The summed E-state index contributed by atoms with van der Waals surface area (Å²) < 4.78 is 5.42. The van der Waals surface area contributed by atoms with Gasteiger partial charge in [-0.3, -0.25) is 10.2 Å². The normalized spacial score (nSPS) is 26.8. The molecule has 0 aromatic carbocycles. The highest BCUT2D eigenvalue weighted by Gasteiger charge is 2.28. The molecule has 0 radical (unpaired) electrons. The van der Waals surface area contributed by atoms with Crippen molar-refractivity contribution in [1.82, 2.24) is 15.1 Å². The molecule has 0 amide bonds. The van der Waals surface area contributed by atoms with Crippen molar-refractivity contribution in [2.45, 2.75) is 44.8 Å². The van der Waals surface area contributed by atoms with Crippen LogP contribution in [-0.4, -0.2) is 73.9 Å². The zero-order valence-electron chi connectivity index (χ0n) is 12.8. The van der Waals surface area contributed by atoms with E-state index in [-0.39, 0.29) is 6.04 Å². The van der Waals surface area contributed by atoms with Crippen molar-refractivity contribution in [3.8, 4) is 6.07 Å². The van der Waals surface area contributed by atoms with Crippen molar-refractivity contribution in [2.75, 3.05) is 45.9 Å². The first-order valence-electron chi connectivity index (χ1n) is 7.89. The van der Waals surface area contributed by atoms with Gasteiger partial charge in [0.2, 0.25) is 0 Å². The van der Waals surface area contributed by atoms with Crippen LogP contribution >= 0.6 is 0 Å². The Hall–Kier alpha value is -0.670. The molecule has 5 heteroatoms. The third-order valence-electron chi connectivity index (χ3n) is 4.23. The molecular weight excluding hydrogens is 252 g/mol. The summed E-state index contributed by atoms with van der Waals surface area (Å²) in [6.07, 6.45) is 2.18. The molecule has 2 aliphatic rings. The van der Waals surface area contributed by atoms with Gasteiger partial charge in [-0.2, -0.15) is 5.26 Å². The van der Waals surface area contributed by atoms with Crippen molar-refractivity contribution in [3.63, 3.8) is 0 Å². The second-order valence-corrected chi connectivity index (χ2v) is 6.18. The van der Waals surface area contributed by atoms with Gasteiger partial charge in [0, 0.05) is 38.3 Å². The molecule has 5 nitrogen and oxygen atoms in total. The van der Waals surface area contributed by atoms with E-state index in [0.29, 0.717) is 12.1 Å². The zero-order valence-corrected chi connectivity index (χ0v) is 12.8. The van der Waals surface area contributed by atoms with Crippen LogP contribution < -0.4 is 5.32 Å². The summed E-state index contributed by atoms with van der Waals surface area (Å²) in [4.78, 5) is 5.07. The van der Waals surface area contributed by atoms with Crippen LogP contribution in [0.4, 0.5) is 0 Å². The molecule has 2 aliphatic heterocycles. The third-order valence-corrected chi connectivity index (χ3v) is 4.23. The smallest absolute Gasteiger partial charge is 0.0967 e. The van der Waals surface area contributed by atoms with E-state index in [0.717, 1.165) is 45.8 Å². The van der Waals surface area contributed by atoms with Crippen LogP contribution in [0.5, 0.6) is 0 Å². The van der Waals surface area contributed by atoms with E-state index in [2.05, 4.69) is 35.0 Å². The fraction of sp³-hybridized carbons (Fsp3) is 0.933. The monoisotopic (exact) mass is 280 g/mol. The zero-order chi connectivity index (χ0) is 14.4. The van der Waals surface area contributed by atoms with E-state index < -0.39 is 0 Å². The van der Waals surface area contributed by atoms with Crippen molar-refractivity contribution in [1.29, 1.82) is 5.26 Å². The minimum Gasteiger partial charge on any atom is -0.379 e. The second kappa shape index (κ2) is 7.94. The molecule has 2 heterocycles. The molecule has 114 valence electrons. The lowest BCUT2D eigenvalue weighted by Crippen LogP contribution is -2.45. The number of hydrogen-bond acceptors (Lipinski definition) is 5. The fourth-order valence-electron chi connectivity index (χ4n) is 3.16. The van der Waals surface area contributed by atoms with E-state index in [1.54, 1.807) is 0 Å². The quantitative estimate of drug-likeness (QED) is 0.775. The molecule has 0 bridgehead atoms. The van der Waals surface area contributed by atoms with Crippen molar-refractivity contribution >= 4 is 0 Å². The topological polar surface area (TPSA) is 51.5 Å². The summed E-state index contributed by atoms with van der Waals surface area (Å²) in [6, 6.07) is 3.42. The number of rotatable bonds is 6. The highest BCUT2D eigenvalue weighted by atomic mass is 16.5. The summed E-state index contributed by atoms with van der Waals surface area (Å²) in [5, 5.41) is 12.5. The van der Waals surface area contributed by atoms with Crippen LogP contribution in [0.2, 0.25) is 0 Å². The van der Waals surface area contributed by atoms with Crippen molar-refractivity contribution in [2.24, 2.45) is 0 Å². The molecule has 1 N–H and O–H groups in total. The molecule has 0 saturated carbocycles. The lowest BCUT2D eigenvalue weighted by Gasteiger charge is -2.32. The number of likely N-dealkylation sites (tertiary alicyclic amines) is 1.